The van der Waals surface area contributed by atoms with Crippen LogP contribution in [0.2, 0.25) is 0 Å². The van der Waals surface area contributed by atoms with Gasteiger partial charge in [0.1, 0.15) is 0 Å². The lowest BCUT2D eigenvalue weighted by Gasteiger charge is -2.35. The molecule has 0 aromatic heterocycles. The van der Waals surface area contributed by atoms with Gasteiger partial charge in [-0.3, -0.25) is 9.10 Å². The standard InChI is InChI=1S/C25H30N2O5S/c1-2-21-10-5-6-16-26(21)24(28)18-32-25(29)20-12-14-22(15-13-20)33(30,31)27-17-7-9-19-8-3-4-11-23(19)27/h3-4,8,11-15,21H,2,5-7,9-10,16-18H2,1H3/t21-/m1/s1. The Bertz CT molecular complexity index is 1110. The van der Waals surface area contributed by atoms with Gasteiger partial charge in [-0.2, -0.15) is 0 Å². The van der Waals surface area contributed by atoms with Crippen molar-refractivity contribution in [1.29, 1.82) is 0 Å². The molecule has 2 aromatic rings. The first-order valence-electron chi connectivity index (χ1n) is 11.6. The quantitative estimate of drug-likeness (QED) is 0.600. The van der Waals surface area contributed by atoms with Crippen LogP contribution in [0, 0.1) is 0 Å². The van der Waals surface area contributed by atoms with Crippen LogP contribution in [0.15, 0.2) is 53.4 Å². The van der Waals surface area contributed by atoms with Crippen LogP contribution >= 0.6 is 0 Å². The lowest BCUT2D eigenvalue weighted by atomic mass is 10.00. The zero-order valence-electron chi connectivity index (χ0n) is 18.9. The Labute approximate surface area is 195 Å². The molecule has 8 heteroatoms. The minimum Gasteiger partial charge on any atom is -0.452 e. The lowest BCUT2D eigenvalue weighted by molar-refractivity contribution is -0.138. The molecule has 0 unspecified atom stereocenters. The normalized spacial score (nSPS) is 18.5. The molecule has 2 aromatic carbocycles. The van der Waals surface area contributed by atoms with Gasteiger partial charge >= 0.3 is 5.97 Å². The van der Waals surface area contributed by atoms with Crippen molar-refractivity contribution in [3.63, 3.8) is 0 Å². The van der Waals surface area contributed by atoms with E-state index in [1.807, 2.05) is 29.2 Å². The van der Waals surface area contributed by atoms with Gasteiger partial charge < -0.3 is 9.64 Å². The molecule has 0 bridgehead atoms. The summed E-state index contributed by atoms with van der Waals surface area (Å²) in [6, 6.07) is 13.4. The van der Waals surface area contributed by atoms with E-state index in [4.69, 9.17) is 4.74 Å². The number of fused-ring (bicyclic) bond motifs is 1. The van der Waals surface area contributed by atoms with Gasteiger partial charge in [-0.15, -0.1) is 0 Å². The Balaban J connectivity index is 1.42. The zero-order valence-corrected chi connectivity index (χ0v) is 19.7. The minimum absolute atomic E-state index is 0.117. The third-order valence-corrected chi connectivity index (χ3v) is 8.32. The van der Waals surface area contributed by atoms with E-state index < -0.39 is 16.0 Å². The third kappa shape index (κ3) is 4.90. The molecule has 2 heterocycles. The topological polar surface area (TPSA) is 84.0 Å². The van der Waals surface area contributed by atoms with Crippen LogP contribution < -0.4 is 4.31 Å². The van der Waals surface area contributed by atoms with Crippen molar-refractivity contribution in [3.8, 4) is 0 Å². The molecule has 4 rings (SSSR count). The van der Waals surface area contributed by atoms with E-state index in [9.17, 15) is 18.0 Å². The van der Waals surface area contributed by atoms with Gasteiger partial charge in [0.2, 0.25) is 0 Å². The molecule has 1 fully saturated rings. The number of hydrogen-bond acceptors (Lipinski definition) is 5. The van der Waals surface area contributed by atoms with Crippen molar-refractivity contribution in [3.05, 3.63) is 59.7 Å². The Morgan fingerprint density at radius 2 is 1.76 bits per heavy atom. The number of ether oxygens (including phenoxy) is 1. The first-order chi connectivity index (χ1) is 15.9. The van der Waals surface area contributed by atoms with Gasteiger partial charge in [0, 0.05) is 19.1 Å². The summed E-state index contributed by atoms with van der Waals surface area (Å²) in [5, 5.41) is 0. The lowest BCUT2D eigenvalue weighted by Crippen LogP contribution is -2.45. The first-order valence-corrected chi connectivity index (χ1v) is 13.0. The fourth-order valence-electron chi connectivity index (χ4n) is 4.69. The zero-order chi connectivity index (χ0) is 23.4. The summed E-state index contributed by atoms with van der Waals surface area (Å²) in [4.78, 5) is 26.9. The van der Waals surface area contributed by atoms with Crippen LogP contribution in [-0.4, -0.2) is 50.9 Å². The van der Waals surface area contributed by atoms with Crippen molar-refractivity contribution < 1.29 is 22.7 Å². The van der Waals surface area contributed by atoms with E-state index >= 15 is 0 Å². The largest absolute Gasteiger partial charge is 0.452 e. The SMILES string of the molecule is CC[C@@H]1CCCCN1C(=O)COC(=O)c1ccc(S(=O)(=O)N2CCCc3ccccc32)cc1. The Hall–Kier alpha value is -2.87. The van der Waals surface area contributed by atoms with Gasteiger partial charge in [0.15, 0.2) is 6.61 Å². The molecule has 0 aliphatic carbocycles. The van der Waals surface area contributed by atoms with Crippen molar-refractivity contribution in [2.75, 3.05) is 24.0 Å². The van der Waals surface area contributed by atoms with Crippen molar-refractivity contribution in [2.24, 2.45) is 0 Å². The van der Waals surface area contributed by atoms with Gasteiger partial charge in [-0.05, 0) is 74.4 Å². The smallest absolute Gasteiger partial charge is 0.338 e. The predicted octanol–water partition coefficient (Wildman–Crippen LogP) is 3.78. The molecular weight excluding hydrogens is 440 g/mol. The van der Waals surface area contributed by atoms with Crippen LogP contribution in [0.25, 0.3) is 0 Å². The van der Waals surface area contributed by atoms with E-state index in [0.29, 0.717) is 18.8 Å². The summed E-state index contributed by atoms with van der Waals surface area (Å²) in [6.45, 7) is 2.86. The van der Waals surface area contributed by atoms with Crippen molar-refractivity contribution in [2.45, 2.75) is 56.4 Å². The summed E-state index contributed by atoms with van der Waals surface area (Å²) in [5.74, 6) is -0.821. The van der Waals surface area contributed by atoms with Crippen LogP contribution in [0.4, 0.5) is 5.69 Å². The highest BCUT2D eigenvalue weighted by atomic mass is 32.2. The van der Waals surface area contributed by atoms with Crippen LogP contribution in [-0.2, 0) is 26.0 Å². The molecular formula is C25H30N2O5S. The number of anilines is 1. The number of esters is 1. The number of nitrogens with zero attached hydrogens (tertiary/aromatic N) is 2. The fraction of sp³-hybridized carbons (Fsp3) is 0.440. The highest BCUT2D eigenvalue weighted by molar-refractivity contribution is 7.92. The maximum atomic E-state index is 13.2. The van der Waals surface area contributed by atoms with Gasteiger partial charge in [-0.25, -0.2) is 13.2 Å². The summed E-state index contributed by atoms with van der Waals surface area (Å²) < 4.78 is 33.1. The fourth-order valence-corrected chi connectivity index (χ4v) is 6.23. The van der Waals surface area contributed by atoms with E-state index in [-0.39, 0.29) is 29.0 Å². The first kappa shape index (κ1) is 23.3. The van der Waals surface area contributed by atoms with E-state index in [1.54, 1.807) is 0 Å². The van der Waals surface area contributed by atoms with Crippen LogP contribution in [0.3, 0.4) is 0 Å². The molecule has 0 saturated carbocycles. The second-order valence-electron chi connectivity index (χ2n) is 8.55. The highest BCUT2D eigenvalue weighted by Crippen LogP contribution is 2.31. The number of aryl methyl sites for hydroxylation is 1. The summed E-state index contributed by atoms with van der Waals surface area (Å²) in [7, 11) is -3.75. The summed E-state index contributed by atoms with van der Waals surface area (Å²) in [6.07, 6.45) is 5.55. The number of rotatable bonds is 6. The van der Waals surface area contributed by atoms with E-state index in [0.717, 1.165) is 44.1 Å². The maximum Gasteiger partial charge on any atom is 0.338 e. The van der Waals surface area contributed by atoms with Gasteiger partial charge in [-0.1, -0.05) is 25.1 Å². The Kier molecular flexibility index (Phi) is 7.02. The Morgan fingerprint density at radius 1 is 1.00 bits per heavy atom. The molecule has 176 valence electrons. The molecule has 0 radical (unpaired) electrons. The molecule has 1 saturated heterocycles. The molecule has 33 heavy (non-hydrogen) atoms. The monoisotopic (exact) mass is 470 g/mol. The molecule has 2 aliphatic heterocycles. The average Bonchev–Trinajstić information content (AvgIpc) is 2.86. The second-order valence-corrected chi connectivity index (χ2v) is 10.4. The highest BCUT2D eigenvalue weighted by Gasteiger charge is 2.29. The van der Waals surface area contributed by atoms with Gasteiger partial charge in [0.05, 0.1) is 16.1 Å². The van der Waals surface area contributed by atoms with Crippen molar-refractivity contribution in [1.82, 2.24) is 4.90 Å². The number of carbonyl (C=O) groups excluding carboxylic acids is 2. The molecule has 0 N–H and O–H groups in total. The van der Waals surface area contributed by atoms with Crippen LogP contribution in [0.1, 0.15) is 54.9 Å². The summed E-state index contributed by atoms with van der Waals surface area (Å²) in [5.41, 5.74) is 1.93. The number of hydrogen-bond donors (Lipinski definition) is 0. The number of benzene rings is 2. The van der Waals surface area contributed by atoms with Gasteiger partial charge in [0.25, 0.3) is 15.9 Å². The van der Waals surface area contributed by atoms with Crippen molar-refractivity contribution >= 4 is 27.6 Å². The number of sulfonamides is 1. The summed E-state index contributed by atoms with van der Waals surface area (Å²) >= 11 is 0. The molecule has 2 aliphatic rings. The number of likely N-dealkylation sites (tertiary alicyclic amines) is 1. The minimum atomic E-state index is -3.75. The average molecular weight is 471 g/mol. The number of piperidine rings is 1. The Morgan fingerprint density at radius 3 is 2.52 bits per heavy atom. The van der Waals surface area contributed by atoms with E-state index in [2.05, 4.69) is 6.92 Å². The second kappa shape index (κ2) is 9.95. The van der Waals surface area contributed by atoms with E-state index in [1.165, 1.54) is 28.6 Å². The van der Waals surface area contributed by atoms with Crippen LogP contribution in [0.5, 0.6) is 0 Å². The number of amides is 1. The third-order valence-electron chi connectivity index (χ3n) is 6.49. The maximum absolute atomic E-state index is 13.2. The predicted molar refractivity (Wildman–Crippen MR) is 126 cm³/mol. The number of carbonyl (C=O) groups is 2. The molecule has 1 amide bonds. The molecule has 0 spiro atoms. The molecule has 1 atom stereocenters. The number of para-hydroxylation sites is 1. The molecule has 7 nitrogen and oxygen atoms in total.